The van der Waals surface area contributed by atoms with Crippen molar-refractivity contribution in [1.82, 2.24) is 0 Å². The highest BCUT2D eigenvalue weighted by Gasteiger charge is 2.19. The number of carbonyl (C=O) groups is 1. The number of benzene rings is 2. The topological polar surface area (TPSA) is 37.3 Å². The van der Waals surface area contributed by atoms with E-state index in [1.165, 1.54) is 11.8 Å². The van der Waals surface area contributed by atoms with Crippen LogP contribution >= 0.6 is 39.3 Å². The van der Waals surface area contributed by atoms with Gasteiger partial charge in [-0.25, -0.2) is 0 Å². The highest BCUT2D eigenvalue weighted by Crippen LogP contribution is 2.27. The Hall–Kier alpha value is -0.970. The first-order valence-electron chi connectivity index (χ1n) is 5.94. The molecule has 5 heteroatoms. The predicted octanol–water partition coefficient (Wildman–Crippen LogP) is 4.89. The molecule has 1 N–H and O–H groups in total. The largest absolute Gasteiger partial charge is 0.480 e. The number of carboxylic acid groups (broad SMARTS) is 1. The van der Waals surface area contributed by atoms with Gasteiger partial charge in [-0.3, -0.25) is 4.79 Å². The lowest BCUT2D eigenvalue weighted by atomic mass is 10.1. The van der Waals surface area contributed by atoms with Gasteiger partial charge in [-0.2, -0.15) is 0 Å². The summed E-state index contributed by atoms with van der Waals surface area (Å²) >= 11 is 10.5. The van der Waals surface area contributed by atoms with Crippen LogP contribution < -0.4 is 0 Å². The summed E-state index contributed by atoms with van der Waals surface area (Å²) in [5.74, 6) is -0.812. The van der Waals surface area contributed by atoms with Crippen molar-refractivity contribution in [2.45, 2.75) is 16.6 Å². The van der Waals surface area contributed by atoms with Crippen LogP contribution in [0.2, 0.25) is 5.02 Å². The lowest BCUT2D eigenvalue weighted by Crippen LogP contribution is -2.19. The summed E-state index contributed by atoms with van der Waals surface area (Å²) in [5, 5.41) is 9.48. The Morgan fingerprint density at radius 2 is 1.75 bits per heavy atom. The maximum Gasteiger partial charge on any atom is 0.317 e. The Morgan fingerprint density at radius 1 is 1.15 bits per heavy atom. The van der Waals surface area contributed by atoms with Gasteiger partial charge >= 0.3 is 5.97 Å². The Labute approximate surface area is 135 Å². The first kappa shape index (κ1) is 15.4. The summed E-state index contributed by atoms with van der Waals surface area (Å²) in [6, 6.07) is 14.9. The van der Waals surface area contributed by atoms with Gasteiger partial charge in [0.05, 0.1) is 0 Å². The summed E-state index contributed by atoms with van der Waals surface area (Å²) in [7, 11) is 0. The monoisotopic (exact) mass is 370 g/mol. The van der Waals surface area contributed by atoms with Crippen LogP contribution in [0.15, 0.2) is 57.9 Å². The van der Waals surface area contributed by atoms with Crippen molar-refractivity contribution in [2.24, 2.45) is 0 Å². The lowest BCUT2D eigenvalue weighted by molar-refractivity contribution is -0.136. The molecule has 0 bridgehead atoms. The van der Waals surface area contributed by atoms with Crippen LogP contribution in [0.5, 0.6) is 0 Å². The molecule has 0 aliphatic heterocycles. The molecule has 0 heterocycles. The van der Waals surface area contributed by atoms with Gasteiger partial charge in [0, 0.05) is 14.4 Å². The summed E-state index contributed by atoms with van der Waals surface area (Å²) in [5.41, 5.74) is 1.00. The molecule has 0 aliphatic carbocycles. The zero-order valence-electron chi connectivity index (χ0n) is 10.4. The van der Waals surface area contributed by atoms with Gasteiger partial charge < -0.3 is 5.11 Å². The SMILES string of the molecule is O=C(O)[C@H](Cc1ccc(Br)cc1)Sc1ccc(Cl)cc1. The Bertz CT molecular complexity index is 536. The van der Waals surface area contributed by atoms with Crippen LogP contribution in [0.3, 0.4) is 0 Å². The molecule has 0 fully saturated rings. The van der Waals surface area contributed by atoms with Crippen molar-refractivity contribution in [2.75, 3.05) is 0 Å². The van der Waals surface area contributed by atoms with E-state index in [-0.39, 0.29) is 0 Å². The average Bonchev–Trinajstić information content (AvgIpc) is 2.42. The fraction of sp³-hybridized carbons (Fsp3) is 0.133. The van der Waals surface area contributed by atoms with Gasteiger partial charge in [-0.05, 0) is 48.4 Å². The number of hydrogen-bond acceptors (Lipinski definition) is 2. The van der Waals surface area contributed by atoms with Crippen molar-refractivity contribution in [3.05, 3.63) is 63.6 Å². The predicted molar refractivity (Wildman–Crippen MR) is 86.6 cm³/mol. The fourth-order valence-corrected chi connectivity index (χ4v) is 3.08. The minimum atomic E-state index is -0.812. The van der Waals surface area contributed by atoms with Gasteiger partial charge in [0.2, 0.25) is 0 Å². The van der Waals surface area contributed by atoms with E-state index in [0.29, 0.717) is 11.4 Å². The molecule has 0 saturated heterocycles. The van der Waals surface area contributed by atoms with Crippen LogP contribution in [0, 0.1) is 0 Å². The van der Waals surface area contributed by atoms with E-state index >= 15 is 0 Å². The summed E-state index contributed by atoms with van der Waals surface area (Å²) in [6.07, 6.45) is 0.482. The van der Waals surface area contributed by atoms with E-state index in [1.54, 1.807) is 12.1 Å². The van der Waals surface area contributed by atoms with Gasteiger partial charge in [0.25, 0.3) is 0 Å². The molecule has 0 radical (unpaired) electrons. The second-order valence-electron chi connectivity index (χ2n) is 4.23. The third-order valence-corrected chi connectivity index (χ3v) is 4.68. The second kappa shape index (κ2) is 7.16. The molecule has 2 aromatic rings. The molecule has 0 aliphatic rings. The molecule has 20 heavy (non-hydrogen) atoms. The van der Waals surface area contributed by atoms with Gasteiger partial charge in [0.1, 0.15) is 5.25 Å². The van der Waals surface area contributed by atoms with E-state index in [4.69, 9.17) is 11.6 Å². The third-order valence-electron chi connectivity index (χ3n) is 2.70. The standard InChI is InChI=1S/C15H12BrClO2S/c16-11-3-1-10(2-4-11)9-14(15(18)19)20-13-7-5-12(17)6-8-13/h1-8,14H,9H2,(H,18,19)/t14-/m0/s1. The number of hydrogen-bond donors (Lipinski definition) is 1. The lowest BCUT2D eigenvalue weighted by Gasteiger charge is -2.12. The number of halogens is 2. The van der Waals surface area contributed by atoms with Crippen molar-refractivity contribution < 1.29 is 9.90 Å². The van der Waals surface area contributed by atoms with Gasteiger partial charge in [-0.15, -0.1) is 11.8 Å². The summed E-state index contributed by atoms with van der Waals surface area (Å²) < 4.78 is 0.985. The number of carboxylic acids is 1. The quantitative estimate of drug-likeness (QED) is 0.760. The molecule has 1 atom stereocenters. The van der Waals surface area contributed by atoms with Crippen LogP contribution in [0.4, 0.5) is 0 Å². The molecule has 2 rings (SSSR count). The first-order valence-corrected chi connectivity index (χ1v) is 7.99. The minimum Gasteiger partial charge on any atom is -0.480 e. The van der Waals surface area contributed by atoms with E-state index in [0.717, 1.165) is 14.9 Å². The maximum atomic E-state index is 11.4. The molecule has 0 saturated carbocycles. The average molecular weight is 372 g/mol. The Kier molecular flexibility index (Phi) is 5.52. The maximum absolute atomic E-state index is 11.4. The molecule has 0 aromatic heterocycles. The van der Waals surface area contributed by atoms with E-state index in [9.17, 15) is 9.90 Å². The number of thioether (sulfide) groups is 1. The van der Waals surface area contributed by atoms with Gasteiger partial charge in [-0.1, -0.05) is 39.7 Å². The normalized spacial score (nSPS) is 12.1. The smallest absolute Gasteiger partial charge is 0.317 e. The number of aliphatic carboxylic acids is 1. The highest BCUT2D eigenvalue weighted by atomic mass is 79.9. The Balaban J connectivity index is 2.09. The molecule has 2 nitrogen and oxygen atoms in total. The first-order chi connectivity index (χ1) is 9.54. The fourth-order valence-electron chi connectivity index (χ4n) is 1.69. The van der Waals surface area contributed by atoms with E-state index in [2.05, 4.69) is 15.9 Å². The molecular formula is C15H12BrClO2S. The zero-order valence-corrected chi connectivity index (χ0v) is 13.6. The minimum absolute atomic E-state index is 0.482. The van der Waals surface area contributed by atoms with Crippen LogP contribution in [-0.4, -0.2) is 16.3 Å². The zero-order chi connectivity index (χ0) is 14.5. The van der Waals surface area contributed by atoms with E-state index < -0.39 is 11.2 Å². The van der Waals surface area contributed by atoms with Crippen LogP contribution in [0.25, 0.3) is 0 Å². The van der Waals surface area contributed by atoms with E-state index in [1.807, 2.05) is 36.4 Å². The van der Waals surface area contributed by atoms with Crippen molar-refractivity contribution in [1.29, 1.82) is 0 Å². The van der Waals surface area contributed by atoms with Crippen LogP contribution in [0.1, 0.15) is 5.56 Å². The molecule has 0 unspecified atom stereocenters. The highest BCUT2D eigenvalue weighted by molar-refractivity contribution is 9.10. The Morgan fingerprint density at radius 3 is 2.30 bits per heavy atom. The molecule has 0 amide bonds. The molecular weight excluding hydrogens is 360 g/mol. The van der Waals surface area contributed by atoms with Crippen molar-refractivity contribution in [3.8, 4) is 0 Å². The number of rotatable bonds is 5. The third kappa shape index (κ3) is 4.54. The van der Waals surface area contributed by atoms with Crippen molar-refractivity contribution in [3.63, 3.8) is 0 Å². The summed E-state index contributed by atoms with van der Waals surface area (Å²) in [6.45, 7) is 0. The second-order valence-corrected chi connectivity index (χ2v) is 6.86. The van der Waals surface area contributed by atoms with Crippen LogP contribution in [-0.2, 0) is 11.2 Å². The molecule has 2 aromatic carbocycles. The summed E-state index contributed by atoms with van der Waals surface area (Å²) in [4.78, 5) is 12.3. The van der Waals surface area contributed by atoms with Crippen molar-refractivity contribution >= 4 is 45.3 Å². The molecule has 104 valence electrons. The van der Waals surface area contributed by atoms with Gasteiger partial charge in [0.15, 0.2) is 0 Å². The molecule has 0 spiro atoms.